The lowest BCUT2D eigenvalue weighted by molar-refractivity contribution is -0.387. The van der Waals surface area contributed by atoms with Crippen molar-refractivity contribution in [3.8, 4) is 0 Å². The zero-order valence-corrected chi connectivity index (χ0v) is 14.5. The van der Waals surface area contributed by atoms with Gasteiger partial charge in [0.15, 0.2) is 4.90 Å². The van der Waals surface area contributed by atoms with Crippen molar-refractivity contribution in [1.82, 2.24) is 0 Å². The van der Waals surface area contributed by atoms with Gasteiger partial charge in [0.1, 0.15) is 11.6 Å². The van der Waals surface area contributed by atoms with E-state index in [1.54, 1.807) is 0 Å². The molecule has 0 aliphatic heterocycles. The number of nitrogens with zero attached hydrogens (tertiary/aromatic N) is 2. The maximum absolute atomic E-state index is 14.2. The normalized spacial score (nSPS) is 11.2. The van der Waals surface area contributed by atoms with Crippen molar-refractivity contribution in [1.29, 1.82) is 0 Å². The summed E-state index contributed by atoms with van der Waals surface area (Å²) >= 11 is 0. The summed E-state index contributed by atoms with van der Waals surface area (Å²) < 4.78 is 53.9. The molecule has 0 bridgehead atoms. The summed E-state index contributed by atoms with van der Waals surface area (Å²) in [5, 5.41) is 19.9. The number of benzene rings is 2. The van der Waals surface area contributed by atoms with Crippen LogP contribution in [0.1, 0.15) is 12.8 Å². The van der Waals surface area contributed by atoms with Crippen molar-refractivity contribution in [2.75, 3.05) is 10.8 Å². The highest BCUT2D eigenvalue weighted by Gasteiger charge is 2.33. The number of anilines is 1. The molecule has 11 heteroatoms. The van der Waals surface area contributed by atoms with E-state index in [4.69, 9.17) is 5.11 Å². The number of aliphatic carboxylic acids is 1. The average molecular weight is 400 g/mol. The van der Waals surface area contributed by atoms with Crippen LogP contribution in [0, 0.1) is 21.7 Å². The highest BCUT2D eigenvalue weighted by atomic mass is 32.2. The molecule has 0 aromatic heterocycles. The second kappa shape index (κ2) is 8.08. The van der Waals surface area contributed by atoms with Gasteiger partial charge < -0.3 is 5.11 Å². The minimum atomic E-state index is -4.63. The fourth-order valence-electron chi connectivity index (χ4n) is 2.37. The van der Waals surface area contributed by atoms with Crippen LogP contribution >= 0.6 is 0 Å². The summed E-state index contributed by atoms with van der Waals surface area (Å²) in [5.41, 5.74) is -1.26. The minimum absolute atomic E-state index is 0.188. The molecule has 0 radical (unpaired) electrons. The van der Waals surface area contributed by atoms with E-state index in [2.05, 4.69) is 0 Å². The molecule has 8 nitrogen and oxygen atoms in total. The molecule has 0 fully saturated rings. The Morgan fingerprint density at radius 2 is 1.85 bits per heavy atom. The number of carbonyl (C=O) groups is 1. The Morgan fingerprint density at radius 1 is 1.19 bits per heavy atom. The van der Waals surface area contributed by atoms with Crippen molar-refractivity contribution in [2.24, 2.45) is 0 Å². The summed E-state index contributed by atoms with van der Waals surface area (Å²) in [7, 11) is -4.63. The van der Waals surface area contributed by atoms with Gasteiger partial charge in [0.2, 0.25) is 0 Å². The maximum Gasteiger partial charge on any atom is 0.303 e. The van der Waals surface area contributed by atoms with Gasteiger partial charge in [-0.15, -0.1) is 0 Å². The Bertz CT molecular complexity index is 981. The lowest BCUT2D eigenvalue weighted by atomic mass is 10.2. The van der Waals surface area contributed by atoms with Gasteiger partial charge in [-0.3, -0.25) is 19.2 Å². The highest BCUT2D eigenvalue weighted by Crippen LogP contribution is 2.31. The van der Waals surface area contributed by atoms with Gasteiger partial charge >= 0.3 is 5.97 Å². The average Bonchev–Trinajstić information content (AvgIpc) is 2.59. The predicted molar refractivity (Wildman–Crippen MR) is 90.9 cm³/mol. The molecule has 27 heavy (non-hydrogen) atoms. The number of carboxylic acids is 1. The Morgan fingerprint density at radius 3 is 2.44 bits per heavy atom. The first kappa shape index (κ1) is 20.2. The van der Waals surface area contributed by atoms with E-state index in [-0.39, 0.29) is 6.42 Å². The number of halogens is 2. The summed E-state index contributed by atoms with van der Waals surface area (Å²) in [5.74, 6) is -3.34. The highest BCUT2D eigenvalue weighted by molar-refractivity contribution is 7.93. The van der Waals surface area contributed by atoms with Crippen LogP contribution in [0.2, 0.25) is 0 Å². The molecule has 2 aromatic rings. The van der Waals surface area contributed by atoms with Gasteiger partial charge in [-0.2, -0.15) is 0 Å². The van der Waals surface area contributed by atoms with E-state index in [1.807, 2.05) is 0 Å². The number of rotatable bonds is 8. The quantitative estimate of drug-likeness (QED) is 0.538. The topological polar surface area (TPSA) is 118 Å². The number of hydrogen-bond donors (Lipinski definition) is 1. The van der Waals surface area contributed by atoms with Crippen LogP contribution in [-0.4, -0.2) is 31.0 Å². The van der Waals surface area contributed by atoms with E-state index < -0.39 is 61.8 Å². The first-order valence-corrected chi connectivity index (χ1v) is 9.01. The molecule has 0 heterocycles. The standard InChI is InChI=1S/C16H14F2N2O6S/c17-11-7-8-13(12(18)10-11)19(9-3-6-16(21)22)27(25,26)15-5-2-1-4-14(15)20(23)24/h1-2,4-5,7-8,10H,3,6,9H2,(H,21,22). The van der Waals surface area contributed by atoms with Crippen LogP contribution < -0.4 is 4.31 Å². The van der Waals surface area contributed by atoms with Gasteiger partial charge in [-0.25, -0.2) is 17.2 Å². The number of sulfonamides is 1. The number of hydrogen-bond acceptors (Lipinski definition) is 5. The van der Waals surface area contributed by atoms with Crippen molar-refractivity contribution in [3.63, 3.8) is 0 Å². The van der Waals surface area contributed by atoms with Gasteiger partial charge in [-0.1, -0.05) is 12.1 Å². The van der Waals surface area contributed by atoms with E-state index >= 15 is 0 Å². The van der Waals surface area contributed by atoms with Gasteiger partial charge in [0, 0.05) is 25.1 Å². The van der Waals surface area contributed by atoms with E-state index in [1.165, 1.54) is 12.1 Å². The van der Waals surface area contributed by atoms with Crippen molar-refractivity contribution < 1.29 is 32.0 Å². The molecule has 0 saturated heterocycles. The number of nitro groups is 1. The van der Waals surface area contributed by atoms with Crippen LogP contribution in [0.3, 0.4) is 0 Å². The smallest absolute Gasteiger partial charge is 0.303 e. The Hall–Kier alpha value is -3.08. The van der Waals surface area contributed by atoms with Crippen molar-refractivity contribution in [2.45, 2.75) is 17.7 Å². The Labute approximate surface area is 152 Å². The first-order valence-electron chi connectivity index (χ1n) is 7.57. The van der Waals surface area contributed by atoms with Gasteiger partial charge in [0.25, 0.3) is 15.7 Å². The molecule has 1 N–H and O–H groups in total. The van der Waals surface area contributed by atoms with Crippen LogP contribution in [0.15, 0.2) is 47.4 Å². The van der Waals surface area contributed by atoms with Crippen molar-refractivity contribution >= 4 is 27.4 Å². The number of para-hydroxylation sites is 1. The van der Waals surface area contributed by atoms with E-state index in [9.17, 15) is 32.1 Å². The third-order valence-corrected chi connectivity index (χ3v) is 5.42. The largest absolute Gasteiger partial charge is 0.481 e. The number of carboxylic acid groups (broad SMARTS) is 1. The van der Waals surface area contributed by atoms with E-state index in [0.717, 1.165) is 24.3 Å². The lowest BCUT2D eigenvalue weighted by Crippen LogP contribution is -2.33. The van der Waals surface area contributed by atoms with Crippen LogP contribution in [0.25, 0.3) is 0 Å². The van der Waals surface area contributed by atoms with Gasteiger partial charge in [-0.05, 0) is 24.6 Å². The SMILES string of the molecule is O=C(O)CCCN(c1ccc(F)cc1F)S(=O)(=O)c1ccccc1[N+](=O)[O-]. The fraction of sp³-hybridized carbons (Fsp3) is 0.188. The van der Waals surface area contributed by atoms with Crippen LogP contribution in [-0.2, 0) is 14.8 Å². The monoisotopic (exact) mass is 400 g/mol. The summed E-state index contributed by atoms with van der Waals surface area (Å²) in [6.45, 7) is -0.469. The molecule has 0 aliphatic rings. The van der Waals surface area contributed by atoms with E-state index in [0.29, 0.717) is 10.4 Å². The molecular weight excluding hydrogens is 386 g/mol. The Balaban J connectivity index is 2.58. The zero-order valence-electron chi connectivity index (χ0n) is 13.7. The molecule has 2 aromatic carbocycles. The molecule has 0 unspecified atom stereocenters. The van der Waals surface area contributed by atoms with Crippen LogP contribution in [0.5, 0.6) is 0 Å². The molecule has 0 amide bonds. The fourth-order valence-corrected chi connectivity index (χ4v) is 4.04. The maximum atomic E-state index is 14.2. The number of nitro benzene ring substituents is 1. The van der Waals surface area contributed by atoms with Crippen LogP contribution in [0.4, 0.5) is 20.2 Å². The van der Waals surface area contributed by atoms with Crippen molar-refractivity contribution in [3.05, 3.63) is 64.2 Å². The molecule has 0 spiro atoms. The second-order valence-corrected chi connectivity index (χ2v) is 7.23. The minimum Gasteiger partial charge on any atom is -0.481 e. The molecule has 144 valence electrons. The first-order chi connectivity index (χ1) is 12.6. The third-order valence-electron chi connectivity index (χ3n) is 3.56. The third kappa shape index (κ3) is 4.56. The lowest BCUT2D eigenvalue weighted by Gasteiger charge is -2.24. The predicted octanol–water partition coefficient (Wildman–Crippen LogP) is 2.93. The molecule has 0 atom stereocenters. The summed E-state index contributed by atoms with van der Waals surface area (Å²) in [6, 6.07) is 6.66. The molecular formula is C16H14F2N2O6S. The summed E-state index contributed by atoms with van der Waals surface area (Å²) in [4.78, 5) is 20.3. The zero-order chi connectivity index (χ0) is 20.2. The van der Waals surface area contributed by atoms with Gasteiger partial charge in [0.05, 0.1) is 10.6 Å². The molecule has 2 rings (SSSR count). The molecule has 0 saturated carbocycles. The molecule has 0 aliphatic carbocycles. The summed E-state index contributed by atoms with van der Waals surface area (Å²) in [6.07, 6.45) is -0.599. The second-order valence-electron chi connectivity index (χ2n) is 5.40. The Kier molecular flexibility index (Phi) is 6.05.